The second-order valence-electron chi connectivity index (χ2n) is 6.32. The van der Waals surface area contributed by atoms with Gasteiger partial charge in [-0.05, 0) is 25.8 Å². The van der Waals surface area contributed by atoms with Gasteiger partial charge < -0.3 is 16.4 Å². The highest BCUT2D eigenvalue weighted by Gasteiger charge is 2.30. The molecule has 1 fully saturated rings. The number of hydrogen-bond donors (Lipinski definition) is 2. The van der Waals surface area contributed by atoms with Gasteiger partial charge in [-0.1, -0.05) is 35.3 Å². The molecule has 0 unspecified atom stereocenters. The molecule has 3 rings (SSSR count). The van der Waals surface area contributed by atoms with Gasteiger partial charge in [0.2, 0.25) is 0 Å². The van der Waals surface area contributed by atoms with Gasteiger partial charge in [-0.2, -0.15) is 0 Å². The van der Waals surface area contributed by atoms with Crippen LogP contribution in [0.4, 0.5) is 5.82 Å². The molecular formula is C17H21Cl2N5. The van der Waals surface area contributed by atoms with Crippen LogP contribution in [0.5, 0.6) is 0 Å². The van der Waals surface area contributed by atoms with E-state index in [2.05, 4.69) is 9.88 Å². The molecule has 24 heavy (non-hydrogen) atoms. The number of piperidine rings is 1. The molecule has 0 amide bonds. The van der Waals surface area contributed by atoms with Gasteiger partial charge in [0, 0.05) is 30.7 Å². The summed E-state index contributed by atoms with van der Waals surface area (Å²) in [6, 6.07) is 5.52. The van der Waals surface area contributed by atoms with E-state index in [4.69, 9.17) is 39.7 Å². The number of aryl methyl sites for hydroxylation is 1. The zero-order valence-electron chi connectivity index (χ0n) is 13.6. The summed E-state index contributed by atoms with van der Waals surface area (Å²) in [5, 5.41) is 1.01. The third-order valence-corrected chi connectivity index (χ3v) is 5.45. The van der Waals surface area contributed by atoms with E-state index in [1.807, 2.05) is 19.1 Å². The Bertz CT molecular complexity index is 742. The Kier molecular flexibility index (Phi) is 4.97. The van der Waals surface area contributed by atoms with Crippen LogP contribution in [0.1, 0.15) is 18.5 Å². The molecule has 0 bridgehead atoms. The second kappa shape index (κ2) is 6.84. The van der Waals surface area contributed by atoms with Crippen molar-refractivity contribution in [3.8, 4) is 11.3 Å². The van der Waals surface area contributed by atoms with Crippen molar-refractivity contribution in [2.45, 2.75) is 25.3 Å². The number of nitrogens with zero attached hydrogens (tertiary/aromatic N) is 3. The van der Waals surface area contributed by atoms with Crippen LogP contribution >= 0.6 is 23.2 Å². The van der Waals surface area contributed by atoms with Crippen LogP contribution in [0, 0.1) is 6.92 Å². The molecule has 5 nitrogen and oxygen atoms in total. The van der Waals surface area contributed by atoms with Crippen LogP contribution in [0.25, 0.3) is 11.3 Å². The lowest BCUT2D eigenvalue weighted by Crippen LogP contribution is -2.55. The predicted octanol–water partition coefficient (Wildman–Crippen LogP) is 3.02. The lowest BCUT2D eigenvalue weighted by atomic mass is 9.89. The molecule has 1 saturated heterocycles. The van der Waals surface area contributed by atoms with E-state index < -0.39 is 0 Å². The SMILES string of the molecule is Cc1nc(N2CCC(N)(CN)CC2)cnc1-c1cccc(Cl)c1Cl. The molecule has 7 heteroatoms. The minimum atomic E-state index is -0.257. The van der Waals surface area contributed by atoms with Crippen LogP contribution in [-0.4, -0.2) is 35.1 Å². The summed E-state index contributed by atoms with van der Waals surface area (Å²) in [4.78, 5) is 11.5. The van der Waals surface area contributed by atoms with Crippen LogP contribution in [0.3, 0.4) is 0 Å². The summed E-state index contributed by atoms with van der Waals surface area (Å²) in [5.41, 5.74) is 14.1. The van der Waals surface area contributed by atoms with Crippen molar-refractivity contribution in [3.05, 3.63) is 40.1 Å². The normalized spacial score (nSPS) is 17.1. The van der Waals surface area contributed by atoms with Crippen LogP contribution in [-0.2, 0) is 0 Å². The number of benzene rings is 1. The zero-order chi connectivity index (χ0) is 17.3. The molecule has 1 aliphatic heterocycles. The predicted molar refractivity (Wildman–Crippen MR) is 99.6 cm³/mol. The standard InChI is InChI=1S/C17H21Cl2N5/c1-11-16(12-3-2-4-13(18)15(12)19)22-9-14(23-11)24-7-5-17(21,10-20)6-8-24/h2-4,9H,5-8,10,20-21H2,1H3. The van der Waals surface area contributed by atoms with Gasteiger partial charge in [-0.3, -0.25) is 4.98 Å². The molecule has 1 aromatic heterocycles. The highest BCUT2D eigenvalue weighted by molar-refractivity contribution is 6.43. The van der Waals surface area contributed by atoms with E-state index in [1.54, 1.807) is 12.3 Å². The highest BCUT2D eigenvalue weighted by Crippen LogP contribution is 2.34. The third-order valence-electron chi connectivity index (χ3n) is 4.63. The Labute approximate surface area is 152 Å². The molecule has 128 valence electrons. The molecule has 0 aliphatic carbocycles. The molecule has 0 radical (unpaired) electrons. The maximum atomic E-state index is 6.30. The number of hydrogen-bond acceptors (Lipinski definition) is 5. The number of halogens is 2. The first kappa shape index (κ1) is 17.4. The molecule has 1 aliphatic rings. The lowest BCUT2D eigenvalue weighted by Gasteiger charge is -2.39. The highest BCUT2D eigenvalue weighted by atomic mass is 35.5. The Hall–Kier alpha value is -1.40. The minimum Gasteiger partial charge on any atom is -0.355 e. The van der Waals surface area contributed by atoms with Crippen LogP contribution in [0.15, 0.2) is 24.4 Å². The van der Waals surface area contributed by atoms with Gasteiger partial charge in [0.1, 0.15) is 5.82 Å². The summed E-state index contributed by atoms with van der Waals surface area (Å²) in [5.74, 6) is 0.855. The fraction of sp³-hybridized carbons (Fsp3) is 0.412. The third kappa shape index (κ3) is 3.35. The van der Waals surface area contributed by atoms with E-state index in [1.165, 1.54) is 0 Å². The van der Waals surface area contributed by atoms with Crippen LogP contribution in [0.2, 0.25) is 10.0 Å². The van der Waals surface area contributed by atoms with Gasteiger partial charge in [0.15, 0.2) is 0 Å². The molecular weight excluding hydrogens is 345 g/mol. The fourth-order valence-electron chi connectivity index (χ4n) is 2.96. The van der Waals surface area contributed by atoms with Gasteiger partial charge >= 0.3 is 0 Å². The van der Waals surface area contributed by atoms with Crippen molar-refractivity contribution in [1.82, 2.24) is 9.97 Å². The Morgan fingerprint density at radius 3 is 2.58 bits per heavy atom. The fourth-order valence-corrected chi connectivity index (χ4v) is 3.35. The van der Waals surface area contributed by atoms with Gasteiger partial charge in [-0.15, -0.1) is 0 Å². The summed E-state index contributed by atoms with van der Waals surface area (Å²) >= 11 is 12.4. The number of rotatable bonds is 3. The molecule has 0 atom stereocenters. The molecule has 0 saturated carbocycles. The monoisotopic (exact) mass is 365 g/mol. The molecule has 1 aromatic carbocycles. The Balaban J connectivity index is 1.85. The summed E-state index contributed by atoms with van der Waals surface area (Å²) in [7, 11) is 0. The average molecular weight is 366 g/mol. The maximum Gasteiger partial charge on any atom is 0.147 e. The van der Waals surface area contributed by atoms with Gasteiger partial charge in [0.25, 0.3) is 0 Å². The summed E-state index contributed by atoms with van der Waals surface area (Å²) in [6.45, 7) is 4.11. The first-order valence-electron chi connectivity index (χ1n) is 7.95. The minimum absolute atomic E-state index is 0.257. The van der Waals surface area contributed by atoms with Crippen molar-refractivity contribution >= 4 is 29.0 Å². The van der Waals surface area contributed by atoms with Crippen LogP contribution < -0.4 is 16.4 Å². The number of nitrogens with two attached hydrogens (primary N) is 2. The van der Waals surface area contributed by atoms with E-state index in [0.717, 1.165) is 48.7 Å². The summed E-state index contributed by atoms with van der Waals surface area (Å²) < 4.78 is 0. The molecule has 0 spiro atoms. The zero-order valence-corrected chi connectivity index (χ0v) is 15.1. The largest absolute Gasteiger partial charge is 0.355 e. The second-order valence-corrected chi connectivity index (χ2v) is 7.10. The number of anilines is 1. The maximum absolute atomic E-state index is 6.30. The van der Waals surface area contributed by atoms with E-state index in [-0.39, 0.29) is 5.54 Å². The quantitative estimate of drug-likeness (QED) is 0.873. The molecule has 2 heterocycles. The summed E-state index contributed by atoms with van der Waals surface area (Å²) in [6.07, 6.45) is 3.49. The number of aromatic nitrogens is 2. The Morgan fingerprint density at radius 2 is 1.96 bits per heavy atom. The first-order valence-corrected chi connectivity index (χ1v) is 8.71. The van der Waals surface area contributed by atoms with Crippen molar-refractivity contribution in [2.75, 3.05) is 24.5 Å². The van der Waals surface area contributed by atoms with E-state index >= 15 is 0 Å². The molecule has 4 N–H and O–H groups in total. The smallest absolute Gasteiger partial charge is 0.147 e. The Morgan fingerprint density at radius 1 is 1.25 bits per heavy atom. The molecule has 2 aromatic rings. The topological polar surface area (TPSA) is 81.1 Å². The van der Waals surface area contributed by atoms with E-state index in [9.17, 15) is 0 Å². The van der Waals surface area contributed by atoms with Crippen molar-refractivity contribution in [2.24, 2.45) is 11.5 Å². The van der Waals surface area contributed by atoms with E-state index in [0.29, 0.717) is 16.6 Å². The average Bonchev–Trinajstić information content (AvgIpc) is 2.58. The van der Waals surface area contributed by atoms with Crippen molar-refractivity contribution in [1.29, 1.82) is 0 Å². The lowest BCUT2D eigenvalue weighted by molar-refractivity contribution is 0.341. The van der Waals surface area contributed by atoms with Gasteiger partial charge in [-0.25, -0.2) is 4.98 Å². The van der Waals surface area contributed by atoms with Gasteiger partial charge in [0.05, 0.1) is 27.6 Å². The first-order chi connectivity index (χ1) is 11.4. The van der Waals surface area contributed by atoms with Crippen molar-refractivity contribution < 1.29 is 0 Å². The van der Waals surface area contributed by atoms with Crippen molar-refractivity contribution in [3.63, 3.8) is 0 Å².